The van der Waals surface area contributed by atoms with Gasteiger partial charge in [-0.2, -0.15) is 0 Å². The van der Waals surface area contributed by atoms with Crippen molar-refractivity contribution in [1.29, 1.82) is 0 Å². The largest absolute Gasteiger partial charge is 0.326 e. The van der Waals surface area contributed by atoms with E-state index in [0.717, 1.165) is 17.0 Å². The number of rotatable bonds is 5. The Labute approximate surface area is 161 Å². The predicted molar refractivity (Wildman–Crippen MR) is 103 cm³/mol. The van der Waals surface area contributed by atoms with Crippen molar-refractivity contribution in [2.75, 3.05) is 23.3 Å². The third kappa shape index (κ3) is 3.26. The SMILES string of the molecule is O=C(CCN1C(=O)c2ccccc2C1=O)Nc1cccc(N2CCCC2=O)c1. The second-order valence-corrected chi connectivity index (χ2v) is 6.80. The Morgan fingerprint density at radius 2 is 1.68 bits per heavy atom. The van der Waals surface area contributed by atoms with Crippen LogP contribution in [0.25, 0.3) is 0 Å². The molecule has 4 rings (SSSR count). The second kappa shape index (κ2) is 7.26. The number of hydrogen-bond donors (Lipinski definition) is 1. The molecule has 1 saturated heterocycles. The molecule has 2 aliphatic rings. The van der Waals surface area contributed by atoms with Gasteiger partial charge in [0.1, 0.15) is 0 Å². The summed E-state index contributed by atoms with van der Waals surface area (Å²) < 4.78 is 0. The lowest BCUT2D eigenvalue weighted by Gasteiger charge is -2.17. The summed E-state index contributed by atoms with van der Waals surface area (Å²) in [6.07, 6.45) is 1.37. The van der Waals surface area contributed by atoms with E-state index in [-0.39, 0.29) is 36.6 Å². The van der Waals surface area contributed by atoms with E-state index in [1.165, 1.54) is 0 Å². The summed E-state index contributed by atoms with van der Waals surface area (Å²) >= 11 is 0. The van der Waals surface area contributed by atoms with Gasteiger partial charge in [0, 0.05) is 37.3 Å². The first kappa shape index (κ1) is 17.9. The van der Waals surface area contributed by atoms with Crippen molar-refractivity contribution in [1.82, 2.24) is 4.90 Å². The van der Waals surface area contributed by atoms with E-state index in [0.29, 0.717) is 29.8 Å². The summed E-state index contributed by atoms with van der Waals surface area (Å²) in [5.74, 6) is -0.971. The molecule has 1 N–H and O–H groups in total. The Morgan fingerprint density at radius 1 is 0.964 bits per heavy atom. The number of carbonyl (C=O) groups excluding carboxylic acids is 4. The summed E-state index contributed by atoms with van der Waals surface area (Å²) in [6, 6.07) is 13.7. The van der Waals surface area contributed by atoms with E-state index < -0.39 is 0 Å². The van der Waals surface area contributed by atoms with Gasteiger partial charge >= 0.3 is 0 Å². The molecule has 2 heterocycles. The number of imide groups is 1. The molecular weight excluding hydrogens is 358 g/mol. The number of carbonyl (C=O) groups is 4. The van der Waals surface area contributed by atoms with Crippen molar-refractivity contribution in [3.63, 3.8) is 0 Å². The van der Waals surface area contributed by atoms with E-state index in [1.807, 2.05) is 6.07 Å². The first-order valence-electron chi connectivity index (χ1n) is 9.20. The van der Waals surface area contributed by atoms with Gasteiger partial charge in [-0.15, -0.1) is 0 Å². The van der Waals surface area contributed by atoms with Crippen LogP contribution in [-0.4, -0.2) is 41.6 Å². The van der Waals surface area contributed by atoms with Crippen molar-refractivity contribution in [3.05, 3.63) is 59.7 Å². The molecule has 0 aromatic heterocycles. The van der Waals surface area contributed by atoms with Gasteiger partial charge < -0.3 is 10.2 Å². The molecule has 7 heteroatoms. The van der Waals surface area contributed by atoms with Gasteiger partial charge in [-0.05, 0) is 36.8 Å². The van der Waals surface area contributed by atoms with Gasteiger partial charge in [0.2, 0.25) is 11.8 Å². The lowest BCUT2D eigenvalue weighted by molar-refractivity contribution is -0.117. The number of benzene rings is 2. The molecule has 0 spiro atoms. The minimum Gasteiger partial charge on any atom is -0.326 e. The highest BCUT2D eigenvalue weighted by molar-refractivity contribution is 6.21. The molecule has 7 nitrogen and oxygen atoms in total. The lowest BCUT2D eigenvalue weighted by atomic mass is 10.1. The van der Waals surface area contributed by atoms with E-state index in [9.17, 15) is 19.2 Å². The number of nitrogens with zero attached hydrogens (tertiary/aromatic N) is 2. The first-order valence-corrected chi connectivity index (χ1v) is 9.20. The lowest BCUT2D eigenvalue weighted by Crippen LogP contribution is -2.32. The van der Waals surface area contributed by atoms with E-state index in [1.54, 1.807) is 47.4 Å². The summed E-state index contributed by atoms with van der Waals surface area (Å²) in [7, 11) is 0. The first-order chi connectivity index (χ1) is 13.5. The molecule has 28 heavy (non-hydrogen) atoms. The van der Waals surface area contributed by atoms with Gasteiger partial charge in [-0.25, -0.2) is 0 Å². The van der Waals surface area contributed by atoms with Crippen LogP contribution in [0.5, 0.6) is 0 Å². The number of anilines is 2. The standard InChI is InChI=1S/C21H19N3O4/c25-18(10-12-24-20(27)16-7-1-2-8-17(16)21(24)28)22-14-5-3-6-15(13-14)23-11-4-9-19(23)26/h1-3,5-8,13H,4,9-12H2,(H,22,25). The molecule has 2 aliphatic heterocycles. The molecule has 0 bridgehead atoms. The highest BCUT2D eigenvalue weighted by atomic mass is 16.2. The average molecular weight is 377 g/mol. The van der Waals surface area contributed by atoms with Gasteiger partial charge in [0.05, 0.1) is 11.1 Å². The molecule has 142 valence electrons. The number of nitrogens with one attached hydrogen (secondary N) is 1. The smallest absolute Gasteiger partial charge is 0.261 e. The van der Waals surface area contributed by atoms with Crippen molar-refractivity contribution in [3.8, 4) is 0 Å². The Bertz CT molecular complexity index is 950. The van der Waals surface area contributed by atoms with Crippen LogP contribution in [0.4, 0.5) is 11.4 Å². The second-order valence-electron chi connectivity index (χ2n) is 6.80. The minimum atomic E-state index is -0.372. The third-order valence-electron chi connectivity index (χ3n) is 4.96. The zero-order chi connectivity index (χ0) is 19.7. The van der Waals surface area contributed by atoms with Gasteiger partial charge in [0.15, 0.2) is 0 Å². The summed E-state index contributed by atoms with van der Waals surface area (Å²) in [6.45, 7) is 0.693. The van der Waals surface area contributed by atoms with Crippen LogP contribution < -0.4 is 10.2 Å². The van der Waals surface area contributed by atoms with Crippen LogP contribution in [0, 0.1) is 0 Å². The van der Waals surface area contributed by atoms with Crippen LogP contribution in [0.15, 0.2) is 48.5 Å². The van der Waals surface area contributed by atoms with Gasteiger partial charge in [-0.1, -0.05) is 18.2 Å². The molecule has 0 radical (unpaired) electrons. The van der Waals surface area contributed by atoms with Crippen molar-refractivity contribution < 1.29 is 19.2 Å². The minimum absolute atomic E-state index is 0.00165. The molecule has 2 aromatic rings. The summed E-state index contributed by atoms with van der Waals surface area (Å²) in [5, 5.41) is 2.77. The maximum Gasteiger partial charge on any atom is 0.261 e. The van der Waals surface area contributed by atoms with E-state index in [4.69, 9.17) is 0 Å². The zero-order valence-electron chi connectivity index (χ0n) is 15.2. The molecule has 0 saturated carbocycles. The molecule has 0 aliphatic carbocycles. The quantitative estimate of drug-likeness (QED) is 0.811. The average Bonchev–Trinajstić information content (AvgIpc) is 3.23. The summed E-state index contributed by atoms with van der Waals surface area (Å²) in [4.78, 5) is 51.7. The Kier molecular flexibility index (Phi) is 4.65. The fourth-order valence-corrected chi connectivity index (χ4v) is 3.55. The van der Waals surface area contributed by atoms with Crippen molar-refractivity contribution >= 4 is 35.0 Å². The Balaban J connectivity index is 1.37. The summed E-state index contributed by atoms with van der Waals surface area (Å²) in [5.41, 5.74) is 2.07. The molecule has 0 atom stereocenters. The molecule has 1 fully saturated rings. The normalized spacial score (nSPS) is 15.9. The van der Waals surface area contributed by atoms with E-state index >= 15 is 0 Å². The van der Waals surface area contributed by atoms with Gasteiger partial charge in [0.25, 0.3) is 11.8 Å². The van der Waals surface area contributed by atoms with Gasteiger partial charge in [-0.3, -0.25) is 24.1 Å². The fourth-order valence-electron chi connectivity index (χ4n) is 3.55. The number of fused-ring (bicyclic) bond motifs is 1. The number of hydrogen-bond acceptors (Lipinski definition) is 4. The maximum atomic E-state index is 12.3. The van der Waals surface area contributed by atoms with E-state index in [2.05, 4.69) is 5.32 Å². The highest BCUT2D eigenvalue weighted by Gasteiger charge is 2.35. The Hall–Kier alpha value is -3.48. The molecule has 2 aromatic carbocycles. The van der Waals surface area contributed by atoms with Crippen molar-refractivity contribution in [2.45, 2.75) is 19.3 Å². The van der Waals surface area contributed by atoms with Crippen molar-refractivity contribution in [2.24, 2.45) is 0 Å². The molecule has 0 unspecified atom stereocenters. The van der Waals surface area contributed by atoms with Crippen LogP contribution >= 0.6 is 0 Å². The third-order valence-corrected chi connectivity index (χ3v) is 4.96. The van der Waals surface area contributed by atoms with Crippen LogP contribution in [0.3, 0.4) is 0 Å². The zero-order valence-corrected chi connectivity index (χ0v) is 15.2. The van der Waals surface area contributed by atoms with Crippen LogP contribution in [-0.2, 0) is 9.59 Å². The van der Waals surface area contributed by atoms with Crippen LogP contribution in [0.2, 0.25) is 0 Å². The molecule has 4 amide bonds. The maximum absolute atomic E-state index is 12.3. The van der Waals surface area contributed by atoms with Crippen LogP contribution in [0.1, 0.15) is 40.0 Å². The fraction of sp³-hybridized carbons (Fsp3) is 0.238. The molecular formula is C21H19N3O4. The predicted octanol–water partition coefficient (Wildman–Crippen LogP) is 2.44. The highest BCUT2D eigenvalue weighted by Crippen LogP contribution is 2.25. The Morgan fingerprint density at radius 3 is 2.32 bits per heavy atom. The topological polar surface area (TPSA) is 86.8 Å². The monoisotopic (exact) mass is 377 g/mol. The number of amides is 4.